The van der Waals surface area contributed by atoms with Gasteiger partial charge in [0.15, 0.2) is 0 Å². The van der Waals surface area contributed by atoms with E-state index in [0.29, 0.717) is 5.82 Å². The first-order valence-electron chi connectivity index (χ1n) is 4.91. The van der Waals surface area contributed by atoms with Gasteiger partial charge >= 0.3 is 0 Å². The van der Waals surface area contributed by atoms with E-state index in [1.165, 1.54) is 0 Å². The van der Waals surface area contributed by atoms with E-state index in [9.17, 15) is 8.78 Å². The Hall–Kier alpha value is -1.49. The number of aryl methyl sites for hydroxylation is 1. The molecular formula is C12H9BrF2N2. The van der Waals surface area contributed by atoms with Gasteiger partial charge in [-0.25, -0.2) is 13.8 Å². The lowest BCUT2D eigenvalue weighted by molar-refractivity contribution is 0.603. The van der Waals surface area contributed by atoms with Crippen LogP contribution in [0.4, 0.5) is 20.3 Å². The molecule has 0 aliphatic carbocycles. The summed E-state index contributed by atoms with van der Waals surface area (Å²) in [6, 6.07) is 5.05. The number of hydrogen-bond acceptors (Lipinski definition) is 2. The van der Waals surface area contributed by atoms with Gasteiger partial charge in [0.25, 0.3) is 0 Å². The van der Waals surface area contributed by atoms with Crippen LogP contribution in [0.15, 0.2) is 34.9 Å². The molecule has 0 fully saturated rings. The SMILES string of the molecule is Cc1ccnc(Nc2cc(F)ccc2F)c1Br. The second kappa shape index (κ2) is 4.79. The summed E-state index contributed by atoms with van der Waals surface area (Å²) >= 11 is 3.34. The molecule has 1 aromatic heterocycles. The van der Waals surface area contributed by atoms with Crippen LogP contribution in [-0.2, 0) is 0 Å². The van der Waals surface area contributed by atoms with Gasteiger partial charge in [-0.15, -0.1) is 0 Å². The number of rotatable bonds is 2. The third-order valence-electron chi connectivity index (χ3n) is 2.26. The molecule has 0 unspecified atom stereocenters. The van der Waals surface area contributed by atoms with E-state index in [1.54, 1.807) is 6.20 Å². The largest absolute Gasteiger partial charge is 0.337 e. The van der Waals surface area contributed by atoms with Crippen LogP contribution in [0, 0.1) is 18.6 Å². The average molecular weight is 299 g/mol. The highest BCUT2D eigenvalue weighted by Crippen LogP contribution is 2.27. The first-order valence-corrected chi connectivity index (χ1v) is 5.70. The van der Waals surface area contributed by atoms with Gasteiger partial charge in [-0.05, 0) is 46.6 Å². The molecule has 0 bridgehead atoms. The average Bonchev–Trinajstić information content (AvgIpc) is 2.30. The molecule has 0 aliphatic rings. The first kappa shape index (κ1) is 12.0. The van der Waals surface area contributed by atoms with Gasteiger partial charge in [0.2, 0.25) is 0 Å². The van der Waals surface area contributed by atoms with Gasteiger partial charge in [0.1, 0.15) is 17.5 Å². The molecule has 0 saturated carbocycles. The Morgan fingerprint density at radius 1 is 1.24 bits per heavy atom. The number of halogens is 3. The number of nitrogens with one attached hydrogen (secondary N) is 1. The molecule has 1 N–H and O–H groups in total. The van der Waals surface area contributed by atoms with Crippen LogP contribution < -0.4 is 5.32 Å². The molecule has 17 heavy (non-hydrogen) atoms. The van der Waals surface area contributed by atoms with Gasteiger partial charge in [-0.3, -0.25) is 0 Å². The Bertz CT molecular complexity index is 558. The topological polar surface area (TPSA) is 24.9 Å². The fraction of sp³-hybridized carbons (Fsp3) is 0.0833. The molecule has 1 aromatic carbocycles. The Balaban J connectivity index is 2.38. The minimum atomic E-state index is -0.526. The maximum absolute atomic E-state index is 13.4. The minimum Gasteiger partial charge on any atom is -0.337 e. The molecule has 0 atom stereocenters. The molecular weight excluding hydrogens is 290 g/mol. The van der Waals surface area contributed by atoms with E-state index in [0.717, 1.165) is 28.2 Å². The lowest BCUT2D eigenvalue weighted by Gasteiger charge is -2.09. The van der Waals surface area contributed by atoms with Crippen molar-refractivity contribution in [2.45, 2.75) is 6.92 Å². The van der Waals surface area contributed by atoms with Crippen molar-refractivity contribution in [1.82, 2.24) is 4.98 Å². The predicted octanol–water partition coefficient (Wildman–Crippen LogP) is 4.17. The normalized spacial score (nSPS) is 10.4. The summed E-state index contributed by atoms with van der Waals surface area (Å²) in [7, 11) is 0. The third-order valence-corrected chi connectivity index (χ3v) is 3.26. The zero-order valence-corrected chi connectivity index (χ0v) is 10.6. The van der Waals surface area contributed by atoms with Crippen LogP contribution >= 0.6 is 15.9 Å². The lowest BCUT2D eigenvalue weighted by atomic mass is 10.2. The second-order valence-electron chi connectivity index (χ2n) is 3.54. The summed E-state index contributed by atoms with van der Waals surface area (Å²) in [5, 5.41) is 2.75. The zero-order chi connectivity index (χ0) is 12.4. The monoisotopic (exact) mass is 298 g/mol. The summed E-state index contributed by atoms with van der Waals surface area (Å²) in [5.41, 5.74) is 1.02. The molecule has 0 aliphatic heterocycles. The van der Waals surface area contributed by atoms with E-state index in [-0.39, 0.29) is 5.69 Å². The molecule has 88 valence electrons. The van der Waals surface area contributed by atoms with Crippen LogP contribution in [-0.4, -0.2) is 4.98 Å². The highest BCUT2D eigenvalue weighted by atomic mass is 79.9. The molecule has 1 heterocycles. The van der Waals surface area contributed by atoms with Gasteiger partial charge in [0.05, 0.1) is 10.2 Å². The first-order chi connectivity index (χ1) is 8.08. The number of nitrogens with zero attached hydrogens (tertiary/aromatic N) is 1. The molecule has 2 aromatic rings. The van der Waals surface area contributed by atoms with Crippen LogP contribution in [0.3, 0.4) is 0 Å². The van der Waals surface area contributed by atoms with Crippen molar-refractivity contribution < 1.29 is 8.78 Å². The smallest absolute Gasteiger partial charge is 0.146 e. The minimum absolute atomic E-state index is 0.0591. The number of anilines is 2. The lowest BCUT2D eigenvalue weighted by Crippen LogP contribution is -1.98. The maximum atomic E-state index is 13.4. The highest BCUT2D eigenvalue weighted by molar-refractivity contribution is 9.10. The molecule has 2 nitrogen and oxygen atoms in total. The van der Waals surface area contributed by atoms with Gasteiger partial charge in [-0.1, -0.05) is 0 Å². The third kappa shape index (κ3) is 2.61. The van der Waals surface area contributed by atoms with Crippen LogP contribution in [0.2, 0.25) is 0 Å². The molecule has 0 spiro atoms. The van der Waals surface area contributed by atoms with Crippen molar-refractivity contribution in [2.75, 3.05) is 5.32 Å². The van der Waals surface area contributed by atoms with Crippen LogP contribution in [0.5, 0.6) is 0 Å². The summed E-state index contributed by atoms with van der Waals surface area (Å²) in [6.07, 6.45) is 1.60. The van der Waals surface area contributed by atoms with E-state index in [2.05, 4.69) is 26.2 Å². The van der Waals surface area contributed by atoms with Crippen LogP contribution in [0.25, 0.3) is 0 Å². The Morgan fingerprint density at radius 2 is 2.00 bits per heavy atom. The highest BCUT2D eigenvalue weighted by Gasteiger charge is 2.08. The molecule has 5 heteroatoms. The van der Waals surface area contributed by atoms with E-state index >= 15 is 0 Å². The number of pyridine rings is 1. The molecule has 0 radical (unpaired) electrons. The second-order valence-corrected chi connectivity index (χ2v) is 4.33. The number of hydrogen-bond donors (Lipinski definition) is 1. The van der Waals surface area contributed by atoms with Gasteiger partial charge in [0, 0.05) is 12.3 Å². The summed E-state index contributed by atoms with van der Waals surface area (Å²) in [4.78, 5) is 4.06. The molecule has 0 saturated heterocycles. The number of aromatic nitrogens is 1. The van der Waals surface area contributed by atoms with Gasteiger partial charge < -0.3 is 5.32 Å². The quantitative estimate of drug-likeness (QED) is 0.900. The standard InChI is InChI=1S/C12H9BrF2N2/c1-7-4-5-16-12(11(7)13)17-10-6-8(14)2-3-9(10)15/h2-6H,1H3,(H,16,17). The fourth-order valence-electron chi connectivity index (χ4n) is 1.35. The van der Waals surface area contributed by atoms with Crippen molar-refractivity contribution in [3.8, 4) is 0 Å². The Morgan fingerprint density at radius 3 is 2.76 bits per heavy atom. The Kier molecular flexibility index (Phi) is 3.38. The Labute approximate surface area is 106 Å². The maximum Gasteiger partial charge on any atom is 0.146 e. The summed E-state index contributed by atoms with van der Waals surface area (Å²) < 4.78 is 27.1. The van der Waals surface area contributed by atoms with Gasteiger partial charge in [-0.2, -0.15) is 0 Å². The van der Waals surface area contributed by atoms with Crippen molar-refractivity contribution in [2.24, 2.45) is 0 Å². The van der Waals surface area contributed by atoms with E-state index < -0.39 is 11.6 Å². The van der Waals surface area contributed by atoms with Crippen molar-refractivity contribution in [3.05, 3.63) is 52.1 Å². The number of benzene rings is 1. The summed E-state index contributed by atoms with van der Waals surface area (Å²) in [5.74, 6) is -0.575. The van der Waals surface area contributed by atoms with Crippen LogP contribution in [0.1, 0.15) is 5.56 Å². The van der Waals surface area contributed by atoms with Crippen molar-refractivity contribution in [3.63, 3.8) is 0 Å². The predicted molar refractivity (Wildman–Crippen MR) is 66.3 cm³/mol. The van der Waals surface area contributed by atoms with E-state index in [4.69, 9.17) is 0 Å². The van der Waals surface area contributed by atoms with Crippen molar-refractivity contribution in [1.29, 1.82) is 0 Å². The zero-order valence-electron chi connectivity index (χ0n) is 8.97. The van der Waals surface area contributed by atoms with Crippen molar-refractivity contribution >= 4 is 27.4 Å². The summed E-state index contributed by atoms with van der Waals surface area (Å²) in [6.45, 7) is 1.89. The molecule has 2 rings (SSSR count). The fourth-order valence-corrected chi connectivity index (χ4v) is 1.68. The van der Waals surface area contributed by atoms with E-state index in [1.807, 2.05) is 13.0 Å². The molecule has 0 amide bonds.